The molecule has 5 heteroatoms. The van der Waals surface area contributed by atoms with Crippen LogP contribution >= 0.6 is 0 Å². The molecule has 0 amide bonds. The number of carbonyl (C=O) groups is 1. The number of benzene rings is 1. The van der Waals surface area contributed by atoms with E-state index in [-0.39, 0.29) is 0 Å². The van der Waals surface area contributed by atoms with Crippen LogP contribution in [0, 0.1) is 12.7 Å². The van der Waals surface area contributed by atoms with Crippen LogP contribution in [0.15, 0.2) is 18.2 Å². The molecule has 0 aliphatic carbocycles. The van der Waals surface area contributed by atoms with Gasteiger partial charge in [-0.05, 0) is 36.3 Å². The molecule has 0 heterocycles. The van der Waals surface area contributed by atoms with E-state index in [2.05, 4.69) is 4.94 Å². The summed E-state index contributed by atoms with van der Waals surface area (Å²) in [7, 11) is 0. The van der Waals surface area contributed by atoms with Gasteiger partial charge in [0.15, 0.2) is 11.6 Å². The second-order valence-corrected chi connectivity index (χ2v) is 2.89. The van der Waals surface area contributed by atoms with E-state index in [1.807, 2.05) is 0 Å². The molecule has 3 nitrogen and oxygen atoms in total. The quantitative estimate of drug-likeness (QED) is 0.768. The predicted molar refractivity (Wildman–Crippen MR) is 49.0 cm³/mol. The van der Waals surface area contributed by atoms with E-state index >= 15 is 0 Å². The van der Waals surface area contributed by atoms with Gasteiger partial charge in [-0.25, -0.2) is 9.18 Å². The Bertz CT molecular complexity index is 413. The highest BCUT2D eigenvalue weighted by molar-refractivity contribution is 5.86. The number of rotatable bonds is 2. The summed E-state index contributed by atoms with van der Waals surface area (Å²) in [5, 5.41) is 9.00. The van der Waals surface area contributed by atoms with Crippen LogP contribution in [0.4, 0.5) is 8.92 Å². The van der Waals surface area contributed by atoms with Crippen LogP contribution in [0.3, 0.4) is 0 Å². The second kappa shape index (κ2) is 4.54. The molecule has 0 saturated heterocycles. The fourth-order valence-electron chi connectivity index (χ4n) is 1.04. The minimum atomic E-state index is -1.18. The molecule has 0 aliphatic rings. The molecule has 1 rings (SSSR count). The van der Waals surface area contributed by atoms with Crippen molar-refractivity contribution in [1.82, 2.24) is 0 Å². The summed E-state index contributed by atoms with van der Waals surface area (Å²) in [6.45, 7) is 1.61. The molecule has 0 bridgehead atoms. The van der Waals surface area contributed by atoms with E-state index in [0.29, 0.717) is 11.1 Å². The van der Waals surface area contributed by atoms with Crippen molar-refractivity contribution < 1.29 is 23.8 Å². The number of carbonyl (C=O) groups excluding carboxylic acids is 1. The molecule has 1 aromatic rings. The van der Waals surface area contributed by atoms with Crippen molar-refractivity contribution in [3.05, 3.63) is 35.2 Å². The standard InChI is InChI=1S/C10H8F2O3/c1-6-4-9(13)8(11)5-7(6)2-3-10(14)15-12/h2-5,13H,1H3/b3-2+. The third-order valence-corrected chi connectivity index (χ3v) is 1.81. The van der Waals surface area contributed by atoms with E-state index in [9.17, 15) is 13.7 Å². The minimum absolute atomic E-state index is 0.357. The molecule has 0 saturated carbocycles. The van der Waals surface area contributed by atoms with Gasteiger partial charge in [0.25, 0.3) is 0 Å². The summed E-state index contributed by atoms with van der Waals surface area (Å²) in [5.41, 5.74) is 0.910. The lowest BCUT2D eigenvalue weighted by atomic mass is 10.1. The number of aromatic hydroxyl groups is 1. The number of phenolic OH excluding ortho intramolecular Hbond substituents is 1. The number of phenols is 1. The zero-order valence-corrected chi connectivity index (χ0v) is 7.83. The number of halogens is 2. The molecule has 0 spiro atoms. The first-order chi connectivity index (χ1) is 7.04. The lowest BCUT2D eigenvalue weighted by Crippen LogP contribution is -1.91. The number of aryl methyl sites for hydroxylation is 1. The van der Waals surface area contributed by atoms with Crippen LogP contribution in [0.1, 0.15) is 11.1 Å². The first-order valence-electron chi connectivity index (χ1n) is 4.04. The van der Waals surface area contributed by atoms with Crippen molar-refractivity contribution in [2.24, 2.45) is 0 Å². The van der Waals surface area contributed by atoms with Crippen molar-refractivity contribution >= 4 is 12.0 Å². The first kappa shape index (κ1) is 11.2. The summed E-state index contributed by atoms with van der Waals surface area (Å²) in [6.07, 6.45) is 2.01. The molecule has 0 radical (unpaired) electrons. The second-order valence-electron chi connectivity index (χ2n) is 2.89. The summed E-state index contributed by atoms with van der Waals surface area (Å²) in [5.74, 6) is -2.46. The van der Waals surface area contributed by atoms with E-state index < -0.39 is 17.5 Å². The van der Waals surface area contributed by atoms with Crippen LogP contribution in [-0.2, 0) is 9.74 Å². The largest absolute Gasteiger partial charge is 0.505 e. The maximum absolute atomic E-state index is 12.9. The SMILES string of the molecule is Cc1cc(O)c(F)cc1/C=C/C(=O)OF. The van der Waals surface area contributed by atoms with E-state index in [1.54, 1.807) is 6.92 Å². The van der Waals surface area contributed by atoms with Crippen LogP contribution < -0.4 is 0 Å². The molecule has 0 aromatic heterocycles. The van der Waals surface area contributed by atoms with Gasteiger partial charge >= 0.3 is 5.97 Å². The van der Waals surface area contributed by atoms with E-state index in [1.165, 1.54) is 12.1 Å². The monoisotopic (exact) mass is 214 g/mol. The topological polar surface area (TPSA) is 46.5 Å². The highest BCUT2D eigenvalue weighted by atomic mass is 19.3. The van der Waals surface area contributed by atoms with Crippen molar-refractivity contribution in [1.29, 1.82) is 0 Å². The summed E-state index contributed by atoms with van der Waals surface area (Å²) >= 11 is 0. The highest BCUT2D eigenvalue weighted by Crippen LogP contribution is 2.21. The van der Waals surface area contributed by atoms with Crippen LogP contribution in [0.5, 0.6) is 5.75 Å². The number of hydrogen-bond acceptors (Lipinski definition) is 3. The fourth-order valence-corrected chi connectivity index (χ4v) is 1.04. The lowest BCUT2D eigenvalue weighted by molar-refractivity contribution is -0.176. The van der Waals surface area contributed by atoms with Crippen molar-refractivity contribution in [3.8, 4) is 5.75 Å². The highest BCUT2D eigenvalue weighted by Gasteiger charge is 2.04. The van der Waals surface area contributed by atoms with Gasteiger partial charge in [0.2, 0.25) is 0 Å². The Hall–Kier alpha value is -1.91. The normalized spacial score (nSPS) is 10.6. The Morgan fingerprint density at radius 3 is 2.80 bits per heavy atom. The van der Waals surface area contributed by atoms with Crippen LogP contribution in [0.2, 0.25) is 0 Å². The Morgan fingerprint density at radius 2 is 2.20 bits per heavy atom. The van der Waals surface area contributed by atoms with Crippen molar-refractivity contribution in [3.63, 3.8) is 0 Å². The molecule has 0 fully saturated rings. The van der Waals surface area contributed by atoms with Crippen molar-refractivity contribution in [2.75, 3.05) is 0 Å². The van der Waals surface area contributed by atoms with Gasteiger partial charge in [-0.15, -0.1) is 0 Å². The molecule has 0 unspecified atom stereocenters. The van der Waals surface area contributed by atoms with Crippen molar-refractivity contribution in [2.45, 2.75) is 6.92 Å². The zero-order valence-electron chi connectivity index (χ0n) is 7.83. The molecular formula is C10H8F2O3. The first-order valence-corrected chi connectivity index (χ1v) is 4.04. The van der Waals surface area contributed by atoms with E-state index in [4.69, 9.17) is 5.11 Å². The third kappa shape index (κ3) is 2.77. The maximum Gasteiger partial charge on any atom is 0.372 e. The van der Waals surface area contributed by atoms with Gasteiger partial charge in [-0.1, -0.05) is 0 Å². The molecule has 1 N–H and O–H groups in total. The van der Waals surface area contributed by atoms with Gasteiger partial charge in [-0.3, -0.25) is 4.94 Å². The van der Waals surface area contributed by atoms with Crippen LogP contribution in [0.25, 0.3) is 6.08 Å². The Kier molecular flexibility index (Phi) is 3.38. The summed E-state index contributed by atoms with van der Waals surface area (Å²) in [6, 6.07) is 2.24. The van der Waals surface area contributed by atoms with Gasteiger partial charge in [0, 0.05) is 10.6 Å². The predicted octanol–water partition coefficient (Wildman–Crippen LogP) is 2.28. The Morgan fingerprint density at radius 1 is 1.53 bits per heavy atom. The average Bonchev–Trinajstić information content (AvgIpc) is 2.21. The maximum atomic E-state index is 12.9. The molecule has 15 heavy (non-hydrogen) atoms. The summed E-state index contributed by atoms with van der Waals surface area (Å²) < 4.78 is 24.2. The fraction of sp³-hybridized carbons (Fsp3) is 0.100. The van der Waals surface area contributed by atoms with Gasteiger partial charge in [-0.2, -0.15) is 0 Å². The third-order valence-electron chi connectivity index (χ3n) is 1.81. The molecule has 0 aliphatic heterocycles. The Labute approximate surface area is 84.5 Å². The van der Waals surface area contributed by atoms with E-state index in [0.717, 1.165) is 12.1 Å². The molecule has 0 atom stereocenters. The molecule has 1 aromatic carbocycles. The minimum Gasteiger partial charge on any atom is -0.505 e. The molecular weight excluding hydrogens is 206 g/mol. The van der Waals surface area contributed by atoms with Crippen LogP contribution in [-0.4, -0.2) is 11.1 Å². The summed E-state index contributed by atoms with van der Waals surface area (Å²) in [4.78, 5) is 13.3. The van der Waals surface area contributed by atoms with Gasteiger partial charge in [0.1, 0.15) is 0 Å². The number of hydrogen-bond donors (Lipinski definition) is 1. The molecule has 80 valence electrons. The zero-order chi connectivity index (χ0) is 11.4. The average molecular weight is 214 g/mol. The Balaban J connectivity index is 3.00. The lowest BCUT2D eigenvalue weighted by Gasteiger charge is -2.01. The smallest absolute Gasteiger partial charge is 0.372 e. The van der Waals surface area contributed by atoms with Gasteiger partial charge < -0.3 is 5.11 Å². The van der Waals surface area contributed by atoms with Gasteiger partial charge in [0.05, 0.1) is 0 Å².